The Bertz CT molecular complexity index is 611. The molecule has 6 heteroatoms. The molecule has 0 fully saturated rings. The summed E-state index contributed by atoms with van der Waals surface area (Å²) in [4.78, 5) is 23.8. The van der Waals surface area contributed by atoms with Crippen LogP contribution in [-0.2, 0) is 15.0 Å². The molecule has 1 atom stereocenters. The van der Waals surface area contributed by atoms with Crippen LogP contribution in [0.15, 0.2) is 18.2 Å². The Morgan fingerprint density at radius 1 is 1.25 bits per heavy atom. The average Bonchev–Trinajstić information content (AvgIpc) is 2.57. The van der Waals surface area contributed by atoms with Crippen molar-refractivity contribution in [2.24, 2.45) is 5.92 Å². The van der Waals surface area contributed by atoms with Crippen molar-refractivity contribution < 1.29 is 24.2 Å². The molecular formula is C18H25NO5. The van der Waals surface area contributed by atoms with Crippen molar-refractivity contribution in [1.29, 1.82) is 0 Å². The molecule has 2 rings (SSSR count). The van der Waals surface area contributed by atoms with Crippen LogP contribution in [0.5, 0.6) is 11.5 Å². The minimum Gasteiger partial charge on any atom is -0.486 e. The van der Waals surface area contributed by atoms with Gasteiger partial charge in [-0.2, -0.15) is 0 Å². The van der Waals surface area contributed by atoms with Crippen molar-refractivity contribution >= 4 is 11.9 Å². The molecular weight excluding hydrogens is 310 g/mol. The summed E-state index contributed by atoms with van der Waals surface area (Å²) in [5, 5.41) is 12.0. The van der Waals surface area contributed by atoms with Gasteiger partial charge in [-0.3, -0.25) is 9.59 Å². The molecule has 24 heavy (non-hydrogen) atoms. The predicted molar refractivity (Wildman–Crippen MR) is 89.5 cm³/mol. The molecule has 1 heterocycles. The molecule has 1 aromatic rings. The summed E-state index contributed by atoms with van der Waals surface area (Å²) >= 11 is 0. The van der Waals surface area contributed by atoms with Crippen LogP contribution >= 0.6 is 0 Å². The maximum absolute atomic E-state index is 12.6. The number of benzene rings is 1. The third-order valence-electron chi connectivity index (χ3n) is 4.33. The Morgan fingerprint density at radius 3 is 2.54 bits per heavy atom. The number of nitrogens with one attached hydrogen (secondary N) is 1. The summed E-state index contributed by atoms with van der Waals surface area (Å²) in [7, 11) is 0. The average molecular weight is 335 g/mol. The zero-order valence-corrected chi connectivity index (χ0v) is 14.4. The van der Waals surface area contributed by atoms with Gasteiger partial charge in [0.05, 0.1) is 11.3 Å². The highest BCUT2D eigenvalue weighted by Crippen LogP contribution is 2.35. The second-order valence-electron chi connectivity index (χ2n) is 6.52. The minimum atomic E-state index is -0.880. The molecule has 0 bridgehead atoms. The molecule has 0 aliphatic carbocycles. The molecule has 1 aliphatic rings. The molecule has 0 radical (unpaired) electrons. The molecule has 6 nitrogen and oxygen atoms in total. The predicted octanol–water partition coefficient (Wildman–Crippen LogP) is 2.35. The van der Waals surface area contributed by atoms with E-state index in [2.05, 4.69) is 5.32 Å². The van der Waals surface area contributed by atoms with Gasteiger partial charge in [0, 0.05) is 6.54 Å². The number of aliphatic carboxylic acids is 1. The van der Waals surface area contributed by atoms with Gasteiger partial charge in [0.1, 0.15) is 13.2 Å². The minimum absolute atomic E-state index is 0.135. The fourth-order valence-electron chi connectivity index (χ4n) is 2.66. The van der Waals surface area contributed by atoms with Crippen LogP contribution in [0.2, 0.25) is 0 Å². The molecule has 1 amide bonds. The highest BCUT2D eigenvalue weighted by molar-refractivity contribution is 5.88. The van der Waals surface area contributed by atoms with Crippen molar-refractivity contribution in [3.05, 3.63) is 23.8 Å². The second-order valence-corrected chi connectivity index (χ2v) is 6.52. The van der Waals surface area contributed by atoms with E-state index in [9.17, 15) is 14.7 Å². The number of carbonyl (C=O) groups excluding carboxylic acids is 1. The zero-order valence-electron chi connectivity index (χ0n) is 14.4. The Balaban J connectivity index is 2.08. The van der Waals surface area contributed by atoms with Crippen LogP contribution in [0.1, 0.15) is 39.2 Å². The maximum atomic E-state index is 12.6. The maximum Gasteiger partial charge on any atom is 0.308 e. The summed E-state index contributed by atoms with van der Waals surface area (Å²) in [6.45, 7) is 6.68. The van der Waals surface area contributed by atoms with E-state index in [0.717, 1.165) is 12.0 Å². The van der Waals surface area contributed by atoms with E-state index in [1.165, 1.54) is 0 Å². The Labute approximate surface area is 142 Å². The lowest BCUT2D eigenvalue weighted by Gasteiger charge is -2.27. The van der Waals surface area contributed by atoms with Crippen LogP contribution in [-0.4, -0.2) is 36.7 Å². The topological polar surface area (TPSA) is 84.9 Å². The lowest BCUT2D eigenvalue weighted by atomic mass is 9.83. The monoisotopic (exact) mass is 335 g/mol. The van der Waals surface area contributed by atoms with Crippen molar-refractivity contribution in [2.45, 2.75) is 39.0 Å². The summed E-state index contributed by atoms with van der Waals surface area (Å²) in [6.07, 6.45) is 1.30. The van der Waals surface area contributed by atoms with Crippen LogP contribution in [0.3, 0.4) is 0 Å². The van der Waals surface area contributed by atoms with Gasteiger partial charge in [-0.1, -0.05) is 19.4 Å². The van der Waals surface area contributed by atoms with E-state index < -0.39 is 17.3 Å². The van der Waals surface area contributed by atoms with Gasteiger partial charge in [-0.05, 0) is 38.0 Å². The number of carbonyl (C=O) groups is 2. The zero-order chi connectivity index (χ0) is 17.7. The number of fused-ring (bicyclic) bond motifs is 1. The van der Waals surface area contributed by atoms with Gasteiger partial charge in [0.2, 0.25) is 5.91 Å². The van der Waals surface area contributed by atoms with E-state index >= 15 is 0 Å². The Morgan fingerprint density at radius 2 is 1.92 bits per heavy atom. The van der Waals surface area contributed by atoms with E-state index in [-0.39, 0.29) is 12.5 Å². The highest BCUT2D eigenvalue weighted by Gasteiger charge is 2.32. The lowest BCUT2D eigenvalue weighted by molar-refractivity contribution is -0.142. The molecule has 2 N–H and O–H groups in total. The van der Waals surface area contributed by atoms with E-state index in [1.54, 1.807) is 6.07 Å². The summed E-state index contributed by atoms with van der Waals surface area (Å²) in [5.74, 6) is -0.338. The SMILES string of the molecule is CCCC(CNC(=O)C(C)(C)c1ccc2c(c1)OCCO2)C(=O)O. The molecule has 1 unspecified atom stereocenters. The van der Waals surface area contributed by atoms with Crippen LogP contribution in [0, 0.1) is 5.92 Å². The first-order chi connectivity index (χ1) is 11.4. The third kappa shape index (κ3) is 3.99. The lowest BCUT2D eigenvalue weighted by Crippen LogP contribution is -2.43. The van der Waals surface area contributed by atoms with E-state index in [4.69, 9.17) is 9.47 Å². The Kier molecular flexibility index (Phi) is 5.70. The van der Waals surface area contributed by atoms with Crippen molar-refractivity contribution in [1.82, 2.24) is 5.32 Å². The summed E-state index contributed by atoms with van der Waals surface area (Å²) in [5.41, 5.74) is -0.00270. The standard InChI is InChI=1S/C18H25NO5/c1-4-5-12(16(20)21)11-19-17(22)18(2,3)13-6-7-14-15(10-13)24-9-8-23-14/h6-7,10,12H,4-5,8-9,11H2,1-3H3,(H,19,22)(H,20,21). The molecule has 0 aromatic heterocycles. The van der Waals surface area contributed by atoms with Gasteiger partial charge in [0.25, 0.3) is 0 Å². The number of rotatable bonds is 7. The van der Waals surface area contributed by atoms with Gasteiger partial charge < -0.3 is 19.9 Å². The normalized spacial score (nSPS) is 14.8. The van der Waals surface area contributed by atoms with Crippen molar-refractivity contribution in [3.8, 4) is 11.5 Å². The largest absolute Gasteiger partial charge is 0.486 e. The van der Waals surface area contributed by atoms with Crippen LogP contribution < -0.4 is 14.8 Å². The first-order valence-electron chi connectivity index (χ1n) is 8.27. The van der Waals surface area contributed by atoms with E-state index in [0.29, 0.717) is 31.1 Å². The number of amides is 1. The van der Waals surface area contributed by atoms with E-state index in [1.807, 2.05) is 32.9 Å². The number of carboxylic acids is 1. The number of carboxylic acid groups (broad SMARTS) is 1. The summed E-state index contributed by atoms with van der Waals surface area (Å²) in [6, 6.07) is 5.46. The number of hydrogen-bond donors (Lipinski definition) is 2. The molecule has 0 saturated heterocycles. The quantitative estimate of drug-likeness (QED) is 0.799. The van der Waals surface area contributed by atoms with Gasteiger partial charge in [0.15, 0.2) is 11.5 Å². The van der Waals surface area contributed by atoms with Crippen LogP contribution in [0.4, 0.5) is 0 Å². The summed E-state index contributed by atoms with van der Waals surface area (Å²) < 4.78 is 11.1. The highest BCUT2D eigenvalue weighted by atomic mass is 16.6. The molecule has 0 spiro atoms. The molecule has 0 saturated carbocycles. The second kappa shape index (κ2) is 7.55. The smallest absolute Gasteiger partial charge is 0.308 e. The van der Waals surface area contributed by atoms with Crippen molar-refractivity contribution in [2.75, 3.05) is 19.8 Å². The number of ether oxygens (including phenoxy) is 2. The first kappa shape index (κ1) is 18.1. The fraction of sp³-hybridized carbons (Fsp3) is 0.556. The third-order valence-corrected chi connectivity index (χ3v) is 4.33. The fourth-order valence-corrected chi connectivity index (χ4v) is 2.66. The number of hydrogen-bond acceptors (Lipinski definition) is 4. The molecule has 1 aliphatic heterocycles. The first-order valence-corrected chi connectivity index (χ1v) is 8.27. The van der Waals surface area contributed by atoms with Crippen molar-refractivity contribution in [3.63, 3.8) is 0 Å². The van der Waals surface area contributed by atoms with Gasteiger partial charge >= 0.3 is 5.97 Å². The Hall–Kier alpha value is -2.24. The molecule has 132 valence electrons. The molecule has 1 aromatic carbocycles. The van der Waals surface area contributed by atoms with Gasteiger partial charge in [-0.15, -0.1) is 0 Å². The van der Waals surface area contributed by atoms with Crippen LogP contribution in [0.25, 0.3) is 0 Å². The van der Waals surface area contributed by atoms with Gasteiger partial charge in [-0.25, -0.2) is 0 Å².